The first kappa shape index (κ1) is 67.8. The number of esters is 1. The molecule has 0 aromatic carbocycles. The minimum absolute atomic E-state index is 0.0674. The molecule has 0 amide bonds. The van der Waals surface area contributed by atoms with Crippen LogP contribution in [0.2, 0.25) is 0 Å². The van der Waals surface area contributed by atoms with Crippen molar-refractivity contribution in [1.82, 2.24) is 0 Å². The summed E-state index contributed by atoms with van der Waals surface area (Å²) < 4.78 is 34.4. The monoisotopic (exact) mass is 1040 g/mol. The van der Waals surface area contributed by atoms with Crippen molar-refractivity contribution in [1.29, 1.82) is 0 Å². The van der Waals surface area contributed by atoms with Gasteiger partial charge in [-0.3, -0.25) is 4.79 Å². The van der Waals surface area contributed by atoms with Gasteiger partial charge in [-0.1, -0.05) is 225 Å². The highest BCUT2D eigenvalue weighted by Crippen LogP contribution is 2.27. The van der Waals surface area contributed by atoms with Gasteiger partial charge in [-0.2, -0.15) is 0 Å². The number of aliphatic hydroxyl groups is 7. The molecule has 0 aliphatic carbocycles. The summed E-state index contributed by atoms with van der Waals surface area (Å²) in [5, 5.41) is 72.4. The molecule has 7 N–H and O–H groups in total. The highest BCUT2D eigenvalue weighted by atomic mass is 16.7. The minimum atomic E-state index is -1.70. The third-order valence-electron chi connectivity index (χ3n) is 14.8. The van der Waals surface area contributed by atoms with Crippen LogP contribution >= 0.6 is 0 Å². The summed E-state index contributed by atoms with van der Waals surface area (Å²) in [5.41, 5.74) is 0. The van der Waals surface area contributed by atoms with Crippen molar-refractivity contribution in [3.8, 4) is 0 Å². The molecule has 0 aromatic heterocycles. The van der Waals surface area contributed by atoms with Gasteiger partial charge in [-0.15, -0.1) is 0 Å². The Bertz CT molecular complexity index is 1260. The standard InChI is InChI=1S/C59H112O14/c1-3-5-7-9-11-13-15-17-19-21-23-24-25-26-28-30-32-34-36-38-40-42-51(61)71-48(45-68-43-41-39-37-35-33-31-29-27-22-20-18-16-14-12-10-8-6-4-2)46-69-58-57(67)55(65)53(63)50(73-58)47-70-59-56(66)54(64)52(62)49(44-60)72-59/h21,23,48-50,52-60,62-67H,3-20,22,24-47H2,1-2H3/b23-21-. The van der Waals surface area contributed by atoms with E-state index in [-0.39, 0.29) is 25.6 Å². The largest absolute Gasteiger partial charge is 0.457 e. The minimum Gasteiger partial charge on any atom is -0.457 e. The van der Waals surface area contributed by atoms with Gasteiger partial charge in [0.2, 0.25) is 0 Å². The van der Waals surface area contributed by atoms with E-state index in [4.69, 9.17) is 28.4 Å². The van der Waals surface area contributed by atoms with Crippen LogP contribution in [-0.4, -0.2) is 142 Å². The molecule has 0 bridgehead atoms. The second kappa shape index (κ2) is 46.8. The number of rotatable bonds is 50. The number of ether oxygens (including phenoxy) is 6. The van der Waals surface area contributed by atoms with Gasteiger partial charge in [-0.25, -0.2) is 0 Å². The van der Waals surface area contributed by atoms with E-state index in [1.54, 1.807) is 0 Å². The third-order valence-corrected chi connectivity index (χ3v) is 14.8. The van der Waals surface area contributed by atoms with Gasteiger partial charge < -0.3 is 64.2 Å². The molecule has 14 heteroatoms. The molecule has 2 fully saturated rings. The van der Waals surface area contributed by atoms with E-state index in [0.29, 0.717) is 13.0 Å². The zero-order chi connectivity index (χ0) is 53.0. The Kier molecular flexibility index (Phi) is 43.5. The molecule has 73 heavy (non-hydrogen) atoms. The van der Waals surface area contributed by atoms with E-state index in [1.807, 2.05) is 0 Å². The maximum Gasteiger partial charge on any atom is 0.306 e. The Labute approximate surface area is 444 Å². The number of hydrogen-bond acceptors (Lipinski definition) is 14. The summed E-state index contributed by atoms with van der Waals surface area (Å²) in [4.78, 5) is 13.1. The first-order chi connectivity index (χ1) is 35.6. The second-order valence-corrected chi connectivity index (χ2v) is 21.5. The van der Waals surface area contributed by atoms with E-state index in [2.05, 4.69) is 26.0 Å². The Hall–Kier alpha value is -1.27. The van der Waals surface area contributed by atoms with Gasteiger partial charge in [0, 0.05) is 13.0 Å². The number of hydrogen-bond donors (Lipinski definition) is 7. The van der Waals surface area contributed by atoms with Gasteiger partial charge in [0.05, 0.1) is 26.4 Å². The molecule has 432 valence electrons. The van der Waals surface area contributed by atoms with Crippen LogP contribution in [-0.2, 0) is 33.2 Å². The number of unbranched alkanes of at least 4 members (excludes halogenated alkanes) is 34. The van der Waals surface area contributed by atoms with Crippen molar-refractivity contribution in [2.75, 3.05) is 33.0 Å². The zero-order valence-corrected chi connectivity index (χ0v) is 46.4. The normalized spacial score (nSPS) is 24.9. The van der Waals surface area contributed by atoms with Crippen molar-refractivity contribution in [2.45, 2.75) is 325 Å². The third kappa shape index (κ3) is 33.6. The van der Waals surface area contributed by atoms with Crippen LogP contribution < -0.4 is 0 Å². The predicted octanol–water partition coefficient (Wildman–Crippen LogP) is 11.0. The molecule has 2 saturated heterocycles. The molecule has 11 atom stereocenters. The van der Waals surface area contributed by atoms with Gasteiger partial charge in [-0.05, 0) is 38.5 Å². The molecule has 0 radical (unpaired) electrons. The Balaban J connectivity index is 1.70. The van der Waals surface area contributed by atoms with Crippen LogP contribution in [0.1, 0.15) is 258 Å². The lowest BCUT2D eigenvalue weighted by Crippen LogP contribution is -2.61. The summed E-state index contributed by atoms with van der Waals surface area (Å²) in [7, 11) is 0. The van der Waals surface area contributed by atoms with E-state index in [1.165, 1.54) is 193 Å². The summed E-state index contributed by atoms with van der Waals surface area (Å²) in [5.74, 6) is -0.372. The SMILES string of the molecule is CCCCCCCCCC/C=C\CCCCCCCCCCCC(=O)OC(COCCCCCCCCCCCCCCCCCCCC)COC1OC(COC2OC(CO)C(O)C(O)C2O)C(O)C(O)C1O. The van der Waals surface area contributed by atoms with E-state index < -0.39 is 80.7 Å². The Morgan fingerprint density at radius 3 is 1.25 bits per heavy atom. The number of carbonyl (C=O) groups is 1. The quantitative estimate of drug-likeness (QED) is 0.0172. The van der Waals surface area contributed by atoms with Crippen LogP contribution in [0.3, 0.4) is 0 Å². The topological polar surface area (TPSA) is 214 Å². The second-order valence-electron chi connectivity index (χ2n) is 21.5. The molecule has 0 spiro atoms. The Morgan fingerprint density at radius 1 is 0.438 bits per heavy atom. The van der Waals surface area contributed by atoms with Crippen LogP contribution in [0.15, 0.2) is 12.2 Å². The van der Waals surface area contributed by atoms with E-state index >= 15 is 0 Å². The van der Waals surface area contributed by atoms with Gasteiger partial charge in [0.1, 0.15) is 54.9 Å². The van der Waals surface area contributed by atoms with Gasteiger partial charge in [0.25, 0.3) is 0 Å². The summed E-state index contributed by atoms with van der Waals surface area (Å²) >= 11 is 0. The highest BCUT2D eigenvalue weighted by molar-refractivity contribution is 5.69. The molecular weight excluding hydrogens is 933 g/mol. The fourth-order valence-electron chi connectivity index (χ4n) is 9.87. The molecule has 2 aliphatic rings. The molecular formula is C59H112O14. The zero-order valence-electron chi connectivity index (χ0n) is 46.4. The van der Waals surface area contributed by atoms with Crippen molar-refractivity contribution < 1.29 is 69.0 Å². The molecule has 14 nitrogen and oxygen atoms in total. The fraction of sp³-hybridized carbons (Fsp3) is 0.949. The molecule has 2 aliphatic heterocycles. The number of allylic oxidation sites excluding steroid dienone is 2. The fourth-order valence-corrected chi connectivity index (χ4v) is 9.87. The van der Waals surface area contributed by atoms with Crippen molar-refractivity contribution in [2.24, 2.45) is 0 Å². The molecule has 0 aromatic rings. The molecule has 11 unspecified atom stereocenters. The summed E-state index contributed by atoms with van der Waals surface area (Å²) in [6.07, 6.45) is 35.6. The van der Waals surface area contributed by atoms with Crippen LogP contribution in [0.25, 0.3) is 0 Å². The van der Waals surface area contributed by atoms with E-state index in [9.17, 15) is 40.5 Å². The summed E-state index contributed by atoms with van der Waals surface area (Å²) in [6, 6.07) is 0. The average molecular weight is 1050 g/mol. The lowest BCUT2D eigenvalue weighted by molar-refractivity contribution is -0.332. The van der Waals surface area contributed by atoms with Gasteiger partial charge >= 0.3 is 5.97 Å². The lowest BCUT2D eigenvalue weighted by Gasteiger charge is -2.42. The Morgan fingerprint density at radius 2 is 0.808 bits per heavy atom. The van der Waals surface area contributed by atoms with Crippen LogP contribution in [0.5, 0.6) is 0 Å². The summed E-state index contributed by atoms with van der Waals surface area (Å²) in [6.45, 7) is 3.75. The molecule has 2 rings (SSSR count). The number of aliphatic hydroxyl groups excluding tert-OH is 7. The molecule has 2 heterocycles. The van der Waals surface area contributed by atoms with Crippen molar-refractivity contribution in [3.63, 3.8) is 0 Å². The van der Waals surface area contributed by atoms with E-state index in [0.717, 1.165) is 38.5 Å². The van der Waals surface area contributed by atoms with Gasteiger partial charge in [0.15, 0.2) is 12.6 Å². The van der Waals surface area contributed by atoms with Crippen LogP contribution in [0, 0.1) is 0 Å². The predicted molar refractivity (Wildman–Crippen MR) is 289 cm³/mol. The first-order valence-electron chi connectivity index (χ1n) is 30.3. The lowest BCUT2D eigenvalue weighted by atomic mass is 9.98. The maximum atomic E-state index is 13.1. The molecule has 0 saturated carbocycles. The maximum absolute atomic E-state index is 13.1. The smallest absolute Gasteiger partial charge is 0.306 e. The van der Waals surface area contributed by atoms with Crippen molar-refractivity contribution >= 4 is 5.97 Å². The first-order valence-corrected chi connectivity index (χ1v) is 30.3. The highest BCUT2D eigenvalue weighted by Gasteiger charge is 2.47. The van der Waals surface area contributed by atoms with Crippen LogP contribution in [0.4, 0.5) is 0 Å². The van der Waals surface area contributed by atoms with Crippen molar-refractivity contribution in [3.05, 3.63) is 12.2 Å². The number of carbonyl (C=O) groups excluding carboxylic acids is 1. The average Bonchev–Trinajstić information content (AvgIpc) is 3.39.